The molecule has 1 saturated heterocycles. The molecule has 2 atom stereocenters. The molecule has 280 valence electrons. The van der Waals surface area contributed by atoms with Crippen molar-refractivity contribution in [2.24, 2.45) is 5.92 Å². The first kappa shape index (κ1) is 37.2. The van der Waals surface area contributed by atoms with Crippen molar-refractivity contribution >= 4 is 41.2 Å². The number of methoxy groups -OCH3 is 2. The van der Waals surface area contributed by atoms with E-state index in [9.17, 15) is 29.1 Å². The zero-order chi connectivity index (χ0) is 37.7. The van der Waals surface area contributed by atoms with E-state index >= 15 is 0 Å². The van der Waals surface area contributed by atoms with Crippen LogP contribution in [0.1, 0.15) is 80.5 Å². The summed E-state index contributed by atoms with van der Waals surface area (Å²) in [6, 6.07) is 16.5. The van der Waals surface area contributed by atoms with Gasteiger partial charge in [-0.25, -0.2) is 14.5 Å². The van der Waals surface area contributed by atoms with Crippen molar-refractivity contribution in [1.82, 2.24) is 15.1 Å². The van der Waals surface area contributed by atoms with Crippen LogP contribution in [0.2, 0.25) is 0 Å². The maximum Gasteiger partial charge on any atom is 0.328 e. The summed E-state index contributed by atoms with van der Waals surface area (Å²) >= 11 is 0. The van der Waals surface area contributed by atoms with E-state index < -0.39 is 42.0 Å². The second-order valence-electron chi connectivity index (χ2n) is 14.2. The monoisotopic (exact) mass is 725 g/mol. The number of hydrogen-bond donors (Lipinski definition) is 4. The number of benzene rings is 3. The summed E-state index contributed by atoms with van der Waals surface area (Å²) < 4.78 is 10.7. The average molecular weight is 726 g/mol. The van der Waals surface area contributed by atoms with E-state index in [2.05, 4.69) is 16.0 Å². The van der Waals surface area contributed by atoms with Gasteiger partial charge in [-0.15, -0.1) is 0 Å². The second-order valence-corrected chi connectivity index (χ2v) is 14.2. The third-order valence-electron chi connectivity index (χ3n) is 10.6. The number of carboxylic acid groups (broad SMARTS) is 1. The first-order valence-electron chi connectivity index (χ1n) is 18.1. The Kier molecular flexibility index (Phi) is 11.2. The lowest BCUT2D eigenvalue weighted by molar-refractivity contribution is -0.142. The van der Waals surface area contributed by atoms with Crippen molar-refractivity contribution in [3.63, 3.8) is 0 Å². The predicted octanol–water partition coefficient (Wildman–Crippen LogP) is 6.62. The molecule has 4 N–H and O–H groups in total. The third-order valence-corrected chi connectivity index (χ3v) is 10.6. The number of para-hydroxylation sites is 1. The summed E-state index contributed by atoms with van der Waals surface area (Å²) in [7, 11) is 2.96. The van der Waals surface area contributed by atoms with Gasteiger partial charge in [-0.3, -0.25) is 14.4 Å². The largest absolute Gasteiger partial charge is 0.493 e. The molecule has 3 aromatic rings. The predicted molar refractivity (Wildman–Crippen MR) is 198 cm³/mol. The zero-order valence-electron chi connectivity index (χ0n) is 30.4. The van der Waals surface area contributed by atoms with E-state index in [1.807, 2.05) is 43.3 Å². The van der Waals surface area contributed by atoms with E-state index in [0.717, 1.165) is 48.1 Å². The molecule has 3 fully saturated rings. The van der Waals surface area contributed by atoms with Crippen LogP contribution in [0.4, 0.5) is 21.0 Å². The van der Waals surface area contributed by atoms with Gasteiger partial charge in [0.2, 0.25) is 5.91 Å². The number of hydrogen-bond acceptors (Lipinski definition) is 7. The number of urea groups is 2. The molecule has 1 heterocycles. The number of nitrogens with one attached hydrogen (secondary N) is 3. The Hall–Kier alpha value is -5.59. The van der Waals surface area contributed by atoms with Gasteiger partial charge in [0.05, 0.1) is 26.7 Å². The van der Waals surface area contributed by atoms with Crippen LogP contribution in [0.5, 0.6) is 11.5 Å². The number of nitrogens with zero attached hydrogens (tertiary/aromatic N) is 2. The van der Waals surface area contributed by atoms with Crippen LogP contribution in [-0.2, 0) is 20.9 Å². The van der Waals surface area contributed by atoms with Crippen molar-refractivity contribution in [3.8, 4) is 11.5 Å². The first-order chi connectivity index (χ1) is 25.5. The summed E-state index contributed by atoms with van der Waals surface area (Å²) in [5, 5.41) is 18.3. The number of carboxylic acids is 1. The number of aryl methyl sites for hydroxylation is 1. The van der Waals surface area contributed by atoms with Crippen LogP contribution >= 0.6 is 0 Å². The molecule has 3 aromatic carbocycles. The van der Waals surface area contributed by atoms with Crippen LogP contribution in [0, 0.1) is 12.8 Å². The van der Waals surface area contributed by atoms with Crippen LogP contribution in [0.25, 0.3) is 0 Å². The van der Waals surface area contributed by atoms with Crippen LogP contribution in [-0.4, -0.2) is 70.6 Å². The van der Waals surface area contributed by atoms with Gasteiger partial charge in [0.1, 0.15) is 11.6 Å². The number of rotatable bonds is 14. The summed E-state index contributed by atoms with van der Waals surface area (Å²) in [6.07, 6.45) is 5.08. The number of carbonyl (C=O) groups excluding carboxylic acids is 4. The van der Waals surface area contributed by atoms with Crippen LogP contribution in [0.3, 0.4) is 0 Å². The van der Waals surface area contributed by atoms with E-state index in [4.69, 9.17) is 9.47 Å². The van der Waals surface area contributed by atoms with E-state index in [1.54, 1.807) is 35.2 Å². The van der Waals surface area contributed by atoms with E-state index in [0.29, 0.717) is 47.7 Å². The molecule has 13 heteroatoms. The van der Waals surface area contributed by atoms with Gasteiger partial charge in [0.25, 0.3) is 5.91 Å². The Morgan fingerprint density at radius 1 is 0.906 bits per heavy atom. The average Bonchev–Trinajstić information content (AvgIpc) is 3.96. The fourth-order valence-electron chi connectivity index (χ4n) is 7.49. The van der Waals surface area contributed by atoms with Gasteiger partial charge in [-0.05, 0) is 79.1 Å². The topological polar surface area (TPSA) is 167 Å². The smallest absolute Gasteiger partial charge is 0.328 e. The van der Waals surface area contributed by atoms with Crippen molar-refractivity contribution in [3.05, 3.63) is 83.4 Å². The maximum absolute atomic E-state index is 14.6. The molecule has 53 heavy (non-hydrogen) atoms. The molecule has 6 amide bonds. The van der Waals surface area contributed by atoms with Crippen molar-refractivity contribution in [2.45, 2.75) is 88.9 Å². The highest BCUT2D eigenvalue weighted by Crippen LogP contribution is 2.44. The molecular formula is C40H47N5O8. The first-order valence-corrected chi connectivity index (χ1v) is 18.1. The summed E-state index contributed by atoms with van der Waals surface area (Å²) in [5.41, 5.74) is 2.35. The van der Waals surface area contributed by atoms with Gasteiger partial charge >= 0.3 is 18.0 Å². The third kappa shape index (κ3) is 8.24. The van der Waals surface area contributed by atoms with Crippen molar-refractivity contribution in [1.29, 1.82) is 0 Å². The number of anilines is 2. The number of aliphatic carboxylic acids is 1. The fourth-order valence-corrected chi connectivity index (χ4v) is 7.49. The molecule has 13 nitrogen and oxygen atoms in total. The highest BCUT2D eigenvalue weighted by molar-refractivity contribution is 6.10. The lowest BCUT2D eigenvalue weighted by atomic mass is 9.80. The number of carbonyl (C=O) groups is 5. The Bertz CT molecular complexity index is 1850. The van der Waals surface area contributed by atoms with Crippen molar-refractivity contribution in [2.75, 3.05) is 24.9 Å². The van der Waals surface area contributed by atoms with Crippen LogP contribution < -0.4 is 25.4 Å². The Morgan fingerprint density at radius 2 is 1.60 bits per heavy atom. The van der Waals surface area contributed by atoms with Gasteiger partial charge in [-0.2, -0.15) is 0 Å². The second kappa shape index (κ2) is 16.0. The van der Waals surface area contributed by atoms with E-state index in [1.165, 1.54) is 14.2 Å². The van der Waals surface area contributed by atoms with Gasteiger partial charge in [-0.1, -0.05) is 68.5 Å². The van der Waals surface area contributed by atoms with Gasteiger partial charge in [0, 0.05) is 17.9 Å². The molecule has 0 radical (unpaired) electrons. The minimum Gasteiger partial charge on any atom is -0.493 e. The van der Waals surface area contributed by atoms with Gasteiger partial charge in [0.15, 0.2) is 11.5 Å². The lowest BCUT2D eigenvalue weighted by Crippen LogP contribution is -2.53. The molecule has 2 saturated carbocycles. The van der Waals surface area contributed by atoms with Gasteiger partial charge < -0.3 is 35.4 Å². The molecule has 6 rings (SSSR count). The molecule has 1 aliphatic heterocycles. The van der Waals surface area contributed by atoms with Crippen molar-refractivity contribution < 1.29 is 38.6 Å². The molecular weight excluding hydrogens is 678 g/mol. The van der Waals surface area contributed by atoms with Crippen LogP contribution in [0.15, 0.2) is 66.7 Å². The summed E-state index contributed by atoms with van der Waals surface area (Å²) in [4.78, 5) is 70.8. The molecule has 2 aliphatic carbocycles. The molecule has 3 aliphatic rings. The quantitative estimate of drug-likeness (QED) is 0.135. The lowest BCUT2D eigenvalue weighted by Gasteiger charge is -2.38. The summed E-state index contributed by atoms with van der Waals surface area (Å²) in [5.74, 6) is -1.09. The highest BCUT2D eigenvalue weighted by atomic mass is 16.5. The summed E-state index contributed by atoms with van der Waals surface area (Å²) in [6.45, 7) is 2.05. The Morgan fingerprint density at radius 3 is 2.25 bits per heavy atom. The Labute approximate surface area is 309 Å². The molecule has 1 spiro atoms. The van der Waals surface area contributed by atoms with E-state index in [-0.39, 0.29) is 24.4 Å². The fraction of sp³-hybridized carbons (Fsp3) is 0.425. The minimum absolute atomic E-state index is 0.141. The number of ether oxygens (including phenoxy) is 2. The number of imide groups is 1. The molecule has 1 unspecified atom stereocenters. The normalized spacial score (nSPS) is 17.6. The number of amides is 6. The molecule has 0 bridgehead atoms. The minimum atomic E-state index is -1.13. The highest BCUT2D eigenvalue weighted by Gasteiger charge is 2.60. The standard InChI is InChI=1S/C40H47N5O8/c1-25-9-5-6-10-30(25)43-38(50)41-29-16-13-27(14-17-29)24-44-39(51)45(37(49)40(44)19-7-4-8-20-40)32(21-26-11-12-26)36(48)42-31(23-35(46)47)28-15-18-33(52-2)34(22-28)53-3/h5-6,9-10,13-18,22,26,31-32H,4,7-8,11-12,19-21,23-24H2,1-3H3,(H,42,48)(H,46,47)(H2,41,43,50)/t31?,32-/m0/s1. The molecule has 0 aromatic heterocycles. The zero-order valence-corrected chi connectivity index (χ0v) is 30.4. The Balaban J connectivity index is 1.23. The maximum atomic E-state index is 14.6. The SMILES string of the molecule is COc1ccc(C(CC(=O)O)NC(=O)[C@H](CC2CC2)N2C(=O)N(Cc3ccc(NC(=O)Nc4ccccc4C)cc3)C3(CCCCC3)C2=O)cc1OC.